The Bertz CT molecular complexity index is 813. The van der Waals surface area contributed by atoms with Gasteiger partial charge in [0.2, 0.25) is 0 Å². The van der Waals surface area contributed by atoms with Gasteiger partial charge in [-0.05, 0) is 18.2 Å². The minimum absolute atomic E-state index is 0.105. The molecule has 5 nitrogen and oxygen atoms in total. The van der Waals surface area contributed by atoms with Gasteiger partial charge in [-0.1, -0.05) is 22.9 Å². The predicted molar refractivity (Wildman–Crippen MR) is 83.8 cm³/mol. The lowest BCUT2D eigenvalue weighted by Crippen LogP contribution is -2.17. The molecule has 0 unspecified atom stereocenters. The van der Waals surface area contributed by atoms with E-state index in [9.17, 15) is 0 Å². The van der Waals surface area contributed by atoms with Gasteiger partial charge < -0.3 is 10.0 Å². The second kappa shape index (κ2) is 4.98. The second-order valence-electron chi connectivity index (χ2n) is 5.03. The predicted octanol–water partition coefficient (Wildman–Crippen LogP) is 2.66. The van der Waals surface area contributed by atoms with Gasteiger partial charge in [-0.15, -0.1) is 0 Å². The summed E-state index contributed by atoms with van der Waals surface area (Å²) in [6.07, 6.45) is 1.88. The van der Waals surface area contributed by atoms with E-state index in [1.165, 1.54) is 11.3 Å². The maximum atomic E-state index is 9.08. The first-order valence-corrected chi connectivity index (χ1v) is 7.89. The molecule has 3 heterocycles. The monoisotopic (exact) mass is 320 g/mol. The smallest absolute Gasteiger partial charge is 0.187 e. The Balaban J connectivity index is 1.65. The number of fused-ring (bicyclic) bond motifs is 2. The minimum atomic E-state index is 0.105. The zero-order valence-corrected chi connectivity index (χ0v) is 12.7. The summed E-state index contributed by atoms with van der Waals surface area (Å²) in [5.41, 5.74) is 3.36. The van der Waals surface area contributed by atoms with E-state index in [2.05, 4.69) is 15.0 Å². The summed E-state index contributed by atoms with van der Waals surface area (Å²) in [5, 5.41) is 15.1. The van der Waals surface area contributed by atoms with Crippen LogP contribution in [0, 0.1) is 0 Å². The van der Waals surface area contributed by atoms with E-state index in [1.54, 1.807) is 11.3 Å². The normalized spacial score (nSPS) is 14.1. The van der Waals surface area contributed by atoms with E-state index in [4.69, 9.17) is 16.7 Å². The summed E-state index contributed by atoms with van der Waals surface area (Å²) >= 11 is 7.68. The van der Waals surface area contributed by atoms with Gasteiger partial charge in [0, 0.05) is 17.1 Å². The zero-order valence-electron chi connectivity index (χ0n) is 11.2. The van der Waals surface area contributed by atoms with Crippen LogP contribution in [0.15, 0.2) is 24.4 Å². The third-order valence-electron chi connectivity index (χ3n) is 3.66. The minimum Gasteiger partial charge on any atom is -0.394 e. The number of aliphatic hydroxyl groups is 1. The number of halogens is 1. The number of aliphatic hydroxyl groups excluding tert-OH is 1. The fourth-order valence-corrected chi connectivity index (χ4v) is 3.89. The maximum Gasteiger partial charge on any atom is 0.187 e. The molecule has 1 aliphatic heterocycles. The SMILES string of the molecule is OCCn1ncc2c1CN(c1nc3ccc(Cl)cc3s1)C2. The molecule has 21 heavy (non-hydrogen) atoms. The Labute approximate surface area is 130 Å². The number of hydrogen-bond donors (Lipinski definition) is 1. The molecule has 0 saturated heterocycles. The molecule has 3 aromatic rings. The summed E-state index contributed by atoms with van der Waals surface area (Å²) < 4.78 is 2.98. The van der Waals surface area contributed by atoms with Gasteiger partial charge in [0.05, 0.1) is 41.8 Å². The number of anilines is 1. The van der Waals surface area contributed by atoms with Crippen molar-refractivity contribution in [2.45, 2.75) is 19.6 Å². The van der Waals surface area contributed by atoms with Crippen LogP contribution in [0.1, 0.15) is 11.3 Å². The van der Waals surface area contributed by atoms with Crippen molar-refractivity contribution < 1.29 is 5.11 Å². The quantitative estimate of drug-likeness (QED) is 0.806. The standard InChI is InChI=1S/C14H13ClN4OS/c15-10-1-2-11-13(5-10)21-14(17-11)18-7-9-6-16-19(3-4-20)12(9)8-18/h1-2,5-6,20H,3-4,7-8H2. The van der Waals surface area contributed by atoms with E-state index >= 15 is 0 Å². The second-order valence-corrected chi connectivity index (χ2v) is 6.47. The molecular weight excluding hydrogens is 308 g/mol. The Morgan fingerprint density at radius 2 is 2.24 bits per heavy atom. The first-order chi connectivity index (χ1) is 10.2. The fraction of sp³-hybridized carbons (Fsp3) is 0.286. The molecule has 0 saturated carbocycles. The van der Waals surface area contributed by atoms with E-state index in [0.717, 1.165) is 33.5 Å². The third-order valence-corrected chi connectivity index (χ3v) is 4.97. The van der Waals surface area contributed by atoms with Crippen LogP contribution in [0.25, 0.3) is 10.2 Å². The molecule has 0 atom stereocenters. The number of hydrogen-bond acceptors (Lipinski definition) is 5. The highest BCUT2D eigenvalue weighted by atomic mass is 35.5. The molecular formula is C14H13ClN4OS. The van der Waals surface area contributed by atoms with Crippen LogP contribution >= 0.6 is 22.9 Å². The van der Waals surface area contributed by atoms with Gasteiger partial charge in [-0.3, -0.25) is 4.68 Å². The Morgan fingerprint density at radius 3 is 3.10 bits per heavy atom. The summed E-state index contributed by atoms with van der Waals surface area (Å²) in [7, 11) is 0. The van der Waals surface area contributed by atoms with Crippen molar-refractivity contribution in [3.05, 3.63) is 40.7 Å². The topological polar surface area (TPSA) is 54.2 Å². The van der Waals surface area contributed by atoms with Crippen molar-refractivity contribution >= 4 is 38.3 Å². The number of nitrogens with zero attached hydrogens (tertiary/aromatic N) is 4. The van der Waals surface area contributed by atoms with E-state index in [-0.39, 0.29) is 6.61 Å². The van der Waals surface area contributed by atoms with Crippen molar-refractivity contribution in [3.8, 4) is 0 Å². The lowest BCUT2D eigenvalue weighted by atomic mass is 10.3. The summed E-state index contributed by atoms with van der Waals surface area (Å²) in [4.78, 5) is 6.92. The number of aromatic nitrogens is 3. The molecule has 7 heteroatoms. The highest BCUT2D eigenvalue weighted by molar-refractivity contribution is 7.22. The Morgan fingerprint density at radius 1 is 1.33 bits per heavy atom. The van der Waals surface area contributed by atoms with Crippen LogP contribution in [-0.4, -0.2) is 26.5 Å². The lowest BCUT2D eigenvalue weighted by Gasteiger charge is -2.13. The molecule has 0 amide bonds. The summed E-state index contributed by atoms with van der Waals surface area (Å²) in [5.74, 6) is 0. The molecule has 0 aliphatic carbocycles. The van der Waals surface area contributed by atoms with Crippen LogP contribution in [0.5, 0.6) is 0 Å². The van der Waals surface area contributed by atoms with E-state index in [1.807, 2.05) is 29.1 Å². The molecule has 1 aliphatic rings. The average Bonchev–Trinajstić information content (AvgIpc) is 3.12. The summed E-state index contributed by atoms with van der Waals surface area (Å²) in [6, 6.07) is 5.77. The van der Waals surface area contributed by atoms with Gasteiger partial charge in [-0.25, -0.2) is 4.98 Å². The van der Waals surface area contributed by atoms with Crippen LogP contribution in [0.3, 0.4) is 0 Å². The van der Waals surface area contributed by atoms with Crippen molar-refractivity contribution in [3.63, 3.8) is 0 Å². The highest BCUT2D eigenvalue weighted by Gasteiger charge is 2.25. The number of rotatable bonds is 3. The number of thiazole rings is 1. The molecule has 1 N–H and O–H groups in total. The van der Waals surface area contributed by atoms with Crippen molar-refractivity contribution in [1.29, 1.82) is 0 Å². The van der Waals surface area contributed by atoms with Crippen molar-refractivity contribution in [2.24, 2.45) is 0 Å². The molecule has 2 aromatic heterocycles. The number of benzene rings is 1. The zero-order chi connectivity index (χ0) is 14.4. The Kier molecular flexibility index (Phi) is 3.10. The maximum absolute atomic E-state index is 9.08. The fourth-order valence-electron chi connectivity index (χ4n) is 2.65. The Hall–Kier alpha value is -1.63. The van der Waals surface area contributed by atoms with Gasteiger partial charge in [0.1, 0.15) is 0 Å². The largest absolute Gasteiger partial charge is 0.394 e. The third kappa shape index (κ3) is 2.19. The van der Waals surface area contributed by atoms with Gasteiger partial charge in [0.25, 0.3) is 0 Å². The molecule has 4 rings (SSSR count). The molecule has 0 bridgehead atoms. The van der Waals surface area contributed by atoms with Crippen LogP contribution < -0.4 is 4.90 Å². The summed E-state index contributed by atoms with van der Waals surface area (Å²) in [6.45, 7) is 2.24. The van der Waals surface area contributed by atoms with Gasteiger partial charge in [0.15, 0.2) is 5.13 Å². The highest BCUT2D eigenvalue weighted by Crippen LogP contribution is 2.35. The van der Waals surface area contributed by atoms with E-state index in [0.29, 0.717) is 6.54 Å². The molecule has 0 radical (unpaired) electrons. The van der Waals surface area contributed by atoms with Gasteiger partial charge >= 0.3 is 0 Å². The first-order valence-electron chi connectivity index (χ1n) is 6.70. The molecule has 0 spiro atoms. The van der Waals surface area contributed by atoms with E-state index < -0.39 is 0 Å². The van der Waals surface area contributed by atoms with Gasteiger partial charge in [-0.2, -0.15) is 5.10 Å². The molecule has 108 valence electrons. The van der Waals surface area contributed by atoms with Crippen LogP contribution in [0.4, 0.5) is 5.13 Å². The van der Waals surface area contributed by atoms with Crippen LogP contribution in [0.2, 0.25) is 5.02 Å². The molecule has 1 aromatic carbocycles. The lowest BCUT2D eigenvalue weighted by molar-refractivity contribution is 0.267. The van der Waals surface area contributed by atoms with Crippen molar-refractivity contribution in [1.82, 2.24) is 14.8 Å². The first kappa shape index (κ1) is 13.1. The van der Waals surface area contributed by atoms with Crippen molar-refractivity contribution in [2.75, 3.05) is 11.5 Å². The molecule has 0 fully saturated rings. The average molecular weight is 321 g/mol. The van der Waals surface area contributed by atoms with Crippen LogP contribution in [-0.2, 0) is 19.6 Å².